The molecule has 2 heterocycles. The van der Waals surface area contributed by atoms with Gasteiger partial charge < -0.3 is 14.8 Å². The van der Waals surface area contributed by atoms with Gasteiger partial charge >= 0.3 is 5.97 Å². The second kappa shape index (κ2) is 5.37. The molecule has 2 aromatic heterocycles. The van der Waals surface area contributed by atoms with E-state index in [1.807, 2.05) is 0 Å². The zero-order valence-electron chi connectivity index (χ0n) is 10.3. The Labute approximate surface area is 109 Å². The molecule has 0 bridgehead atoms. The van der Waals surface area contributed by atoms with E-state index in [-0.39, 0.29) is 5.76 Å². The number of rotatable bonds is 5. The Kier molecular flexibility index (Phi) is 3.84. The summed E-state index contributed by atoms with van der Waals surface area (Å²) in [7, 11) is 0. The van der Waals surface area contributed by atoms with Gasteiger partial charge in [0.05, 0.1) is 6.54 Å². The highest BCUT2D eigenvalue weighted by atomic mass is 32.1. The molecule has 0 atom stereocenters. The van der Waals surface area contributed by atoms with Crippen molar-refractivity contribution in [2.75, 3.05) is 0 Å². The molecular formula is C13H15NO3S. The summed E-state index contributed by atoms with van der Waals surface area (Å²) in [6, 6.07) is 3.85. The van der Waals surface area contributed by atoms with Crippen LogP contribution in [0.25, 0.3) is 0 Å². The number of carboxylic acid groups (broad SMARTS) is 1. The zero-order chi connectivity index (χ0) is 13.1. The molecular weight excluding hydrogens is 250 g/mol. The molecule has 0 saturated carbocycles. The number of carboxylic acids is 1. The number of carbonyl (C=O) groups is 1. The molecule has 0 saturated heterocycles. The maximum atomic E-state index is 10.8. The normalized spacial score (nSPS) is 10.8. The number of aryl methyl sites for hydroxylation is 2. The fourth-order valence-corrected chi connectivity index (χ4v) is 2.61. The third kappa shape index (κ3) is 2.80. The van der Waals surface area contributed by atoms with Crippen molar-refractivity contribution in [3.8, 4) is 0 Å². The monoisotopic (exact) mass is 265 g/mol. The molecule has 0 aliphatic rings. The molecule has 5 heteroatoms. The topological polar surface area (TPSA) is 62.5 Å². The molecule has 0 radical (unpaired) electrons. The number of hydrogen-bond donors (Lipinski definition) is 2. The van der Waals surface area contributed by atoms with E-state index in [1.54, 1.807) is 24.3 Å². The Morgan fingerprint density at radius 3 is 2.72 bits per heavy atom. The Morgan fingerprint density at radius 1 is 1.39 bits per heavy atom. The van der Waals surface area contributed by atoms with E-state index in [9.17, 15) is 4.79 Å². The van der Waals surface area contributed by atoms with Crippen molar-refractivity contribution in [2.24, 2.45) is 0 Å². The van der Waals surface area contributed by atoms with Crippen LogP contribution in [0.5, 0.6) is 0 Å². The maximum absolute atomic E-state index is 10.8. The van der Waals surface area contributed by atoms with Gasteiger partial charge in [-0.3, -0.25) is 0 Å². The van der Waals surface area contributed by atoms with E-state index in [4.69, 9.17) is 9.52 Å². The molecule has 96 valence electrons. The highest BCUT2D eigenvalue weighted by molar-refractivity contribution is 7.10. The smallest absolute Gasteiger partial charge is 0.372 e. The lowest BCUT2D eigenvalue weighted by Gasteiger charge is -2.01. The first-order chi connectivity index (χ1) is 8.58. The number of aromatic carboxylic acids is 1. The fourth-order valence-electron chi connectivity index (χ4n) is 1.73. The summed E-state index contributed by atoms with van der Waals surface area (Å²) in [6.07, 6.45) is 0. The van der Waals surface area contributed by atoms with E-state index < -0.39 is 5.97 Å². The van der Waals surface area contributed by atoms with Crippen LogP contribution in [0.4, 0.5) is 0 Å². The second-order valence-electron chi connectivity index (χ2n) is 4.16. The van der Waals surface area contributed by atoms with Gasteiger partial charge in [0.1, 0.15) is 5.76 Å². The van der Waals surface area contributed by atoms with Gasteiger partial charge in [0.2, 0.25) is 5.76 Å². The van der Waals surface area contributed by atoms with Gasteiger partial charge in [-0.05, 0) is 36.9 Å². The van der Waals surface area contributed by atoms with Crippen LogP contribution < -0.4 is 5.32 Å². The minimum Gasteiger partial charge on any atom is -0.475 e. The van der Waals surface area contributed by atoms with Crippen LogP contribution in [-0.4, -0.2) is 11.1 Å². The summed E-state index contributed by atoms with van der Waals surface area (Å²) in [6.45, 7) is 5.12. The molecule has 4 nitrogen and oxygen atoms in total. The van der Waals surface area contributed by atoms with Crippen molar-refractivity contribution < 1.29 is 14.3 Å². The van der Waals surface area contributed by atoms with Gasteiger partial charge in [-0.2, -0.15) is 0 Å². The molecule has 0 aliphatic carbocycles. The summed E-state index contributed by atoms with van der Waals surface area (Å²) < 4.78 is 5.27. The summed E-state index contributed by atoms with van der Waals surface area (Å²) in [5, 5.41) is 14.2. The lowest BCUT2D eigenvalue weighted by atomic mass is 10.2. The summed E-state index contributed by atoms with van der Waals surface area (Å²) >= 11 is 1.71. The van der Waals surface area contributed by atoms with Gasteiger partial charge in [0.15, 0.2) is 0 Å². The quantitative estimate of drug-likeness (QED) is 0.872. The Morgan fingerprint density at radius 2 is 2.17 bits per heavy atom. The van der Waals surface area contributed by atoms with Crippen LogP contribution in [0, 0.1) is 13.8 Å². The Bertz CT molecular complexity index is 556. The van der Waals surface area contributed by atoms with E-state index >= 15 is 0 Å². The van der Waals surface area contributed by atoms with Gasteiger partial charge in [0.25, 0.3) is 0 Å². The molecule has 0 fully saturated rings. The second-order valence-corrected chi connectivity index (χ2v) is 5.16. The summed E-state index contributed by atoms with van der Waals surface area (Å²) in [5.74, 6) is -0.342. The maximum Gasteiger partial charge on any atom is 0.372 e. The van der Waals surface area contributed by atoms with Crippen LogP contribution in [0.1, 0.15) is 32.3 Å². The van der Waals surface area contributed by atoms with Crippen molar-refractivity contribution in [3.05, 3.63) is 45.0 Å². The van der Waals surface area contributed by atoms with Crippen LogP contribution >= 0.6 is 11.3 Å². The third-order valence-corrected chi connectivity index (χ3v) is 3.74. The highest BCUT2D eigenvalue weighted by Crippen LogP contribution is 2.17. The van der Waals surface area contributed by atoms with Crippen LogP contribution in [0.2, 0.25) is 0 Å². The van der Waals surface area contributed by atoms with Gasteiger partial charge in [-0.1, -0.05) is 0 Å². The van der Waals surface area contributed by atoms with Gasteiger partial charge in [0, 0.05) is 17.0 Å². The zero-order valence-corrected chi connectivity index (χ0v) is 11.1. The van der Waals surface area contributed by atoms with Crippen LogP contribution in [0.15, 0.2) is 21.9 Å². The predicted octanol–water partition coefficient (Wildman–Crippen LogP) is 2.95. The van der Waals surface area contributed by atoms with E-state index in [2.05, 4.69) is 23.7 Å². The first kappa shape index (κ1) is 12.9. The molecule has 2 rings (SSSR count). The molecule has 0 amide bonds. The Balaban J connectivity index is 1.93. The van der Waals surface area contributed by atoms with Crippen molar-refractivity contribution in [3.63, 3.8) is 0 Å². The van der Waals surface area contributed by atoms with Gasteiger partial charge in [-0.15, -0.1) is 11.3 Å². The van der Waals surface area contributed by atoms with E-state index in [0.29, 0.717) is 17.9 Å². The number of furan rings is 1. The lowest BCUT2D eigenvalue weighted by Crippen LogP contribution is -2.11. The van der Waals surface area contributed by atoms with E-state index in [0.717, 1.165) is 6.54 Å². The molecule has 0 aliphatic heterocycles. The van der Waals surface area contributed by atoms with Gasteiger partial charge in [-0.25, -0.2) is 4.79 Å². The molecule has 2 aromatic rings. The van der Waals surface area contributed by atoms with Crippen molar-refractivity contribution >= 4 is 17.3 Å². The van der Waals surface area contributed by atoms with Crippen molar-refractivity contribution in [2.45, 2.75) is 26.9 Å². The predicted molar refractivity (Wildman–Crippen MR) is 70.0 cm³/mol. The van der Waals surface area contributed by atoms with Crippen LogP contribution in [-0.2, 0) is 13.1 Å². The van der Waals surface area contributed by atoms with Crippen LogP contribution in [0.3, 0.4) is 0 Å². The lowest BCUT2D eigenvalue weighted by molar-refractivity contribution is 0.0659. The number of nitrogens with one attached hydrogen (secondary N) is 1. The minimum absolute atomic E-state index is 0.0269. The summed E-state index contributed by atoms with van der Waals surface area (Å²) in [4.78, 5) is 12.1. The van der Waals surface area contributed by atoms with Crippen molar-refractivity contribution in [1.29, 1.82) is 0 Å². The fraction of sp³-hybridized carbons (Fsp3) is 0.308. The first-order valence-electron chi connectivity index (χ1n) is 5.64. The average Bonchev–Trinajstić information content (AvgIpc) is 2.86. The molecule has 0 spiro atoms. The first-order valence-corrected chi connectivity index (χ1v) is 6.52. The minimum atomic E-state index is -1.02. The molecule has 0 aromatic carbocycles. The summed E-state index contributed by atoms with van der Waals surface area (Å²) in [5.41, 5.74) is 1.93. The standard InChI is InChI=1S/C13H15NO3S/c1-8-3-4-18-11(8)7-14-6-10-5-9(2)12(17-10)13(15)16/h3-5,14H,6-7H2,1-2H3,(H,15,16). The average molecular weight is 265 g/mol. The molecule has 18 heavy (non-hydrogen) atoms. The SMILES string of the molecule is Cc1cc(CNCc2sccc2C)oc1C(=O)O. The van der Waals surface area contributed by atoms with E-state index in [1.165, 1.54) is 10.4 Å². The third-order valence-electron chi connectivity index (χ3n) is 2.72. The van der Waals surface area contributed by atoms with Crippen molar-refractivity contribution in [1.82, 2.24) is 5.32 Å². The Hall–Kier alpha value is -1.59. The highest BCUT2D eigenvalue weighted by Gasteiger charge is 2.13. The number of thiophene rings is 1. The molecule has 0 unspecified atom stereocenters. The number of hydrogen-bond acceptors (Lipinski definition) is 4. The molecule has 2 N–H and O–H groups in total. The largest absolute Gasteiger partial charge is 0.475 e.